The van der Waals surface area contributed by atoms with Crippen LogP contribution in [0.25, 0.3) is 0 Å². The number of nitrogens with one attached hydrogen (secondary N) is 1. The molecule has 1 amide bonds. The molecule has 14 heavy (non-hydrogen) atoms. The van der Waals surface area contributed by atoms with E-state index in [1.165, 1.54) is 6.92 Å². The molecular formula is C9H18N2O3. The van der Waals surface area contributed by atoms with Crippen molar-refractivity contribution in [3.63, 3.8) is 0 Å². The predicted molar refractivity (Wildman–Crippen MR) is 53.0 cm³/mol. The Hall–Kier alpha value is -1.10. The van der Waals surface area contributed by atoms with E-state index < -0.39 is 12.0 Å². The first-order chi connectivity index (χ1) is 6.49. The Morgan fingerprint density at radius 1 is 1.50 bits per heavy atom. The molecule has 82 valence electrons. The van der Waals surface area contributed by atoms with Crippen molar-refractivity contribution in [3.05, 3.63) is 0 Å². The summed E-state index contributed by atoms with van der Waals surface area (Å²) >= 11 is 0. The standard InChI is InChI=1S/C9H18N2O3/c1-7(12)11(3)6-4-5-8(10-2)9(13)14/h8,10H,4-6H2,1-3H3,(H,13,14). The third-order valence-electron chi connectivity index (χ3n) is 2.17. The Bertz CT molecular complexity index is 206. The Morgan fingerprint density at radius 3 is 2.43 bits per heavy atom. The fraction of sp³-hybridized carbons (Fsp3) is 0.778. The Morgan fingerprint density at radius 2 is 2.07 bits per heavy atom. The van der Waals surface area contributed by atoms with Crippen molar-refractivity contribution in [1.29, 1.82) is 0 Å². The van der Waals surface area contributed by atoms with Gasteiger partial charge in [-0.05, 0) is 19.9 Å². The quantitative estimate of drug-likeness (QED) is 0.632. The van der Waals surface area contributed by atoms with Crippen LogP contribution in [0.5, 0.6) is 0 Å². The highest BCUT2D eigenvalue weighted by Crippen LogP contribution is 1.99. The lowest BCUT2D eigenvalue weighted by Crippen LogP contribution is -2.35. The lowest BCUT2D eigenvalue weighted by Gasteiger charge is -2.16. The van der Waals surface area contributed by atoms with Gasteiger partial charge in [-0.25, -0.2) is 0 Å². The predicted octanol–water partition coefficient (Wildman–Crippen LogP) is -0.0825. The number of likely N-dealkylation sites (N-methyl/N-ethyl adjacent to an activating group) is 1. The first-order valence-electron chi connectivity index (χ1n) is 4.60. The molecule has 0 saturated carbocycles. The fourth-order valence-electron chi connectivity index (χ4n) is 1.08. The van der Waals surface area contributed by atoms with Gasteiger partial charge in [0.2, 0.25) is 5.91 Å². The number of carbonyl (C=O) groups is 2. The van der Waals surface area contributed by atoms with Crippen LogP contribution in [0.4, 0.5) is 0 Å². The molecule has 0 bridgehead atoms. The molecule has 2 N–H and O–H groups in total. The van der Waals surface area contributed by atoms with Crippen molar-refractivity contribution in [2.75, 3.05) is 20.6 Å². The first kappa shape index (κ1) is 12.9. The van der Waals surface area contributed by atoms with Crippen LogP contribution < -0.4 is 5.32 Å². The summed E-state index contributed by atoms with van der Waals surface area (Å²) < 4.78 is 0. The molecule has 0 fully saturated rings. The molecule has 0 aromatic heterocycles. The molecule has 0 spiro atoms. The van der Waals surface area contributed by atoms with Crippen LogP contribution in [-0.2, 0) is 9.59 Å². The van der Waals surface area contributed by atoms with Gasteiger partial charge >= 0.3 is 5.97 Å². The van der Waals surface area contributed by atoms with Crippen molar-refractivity contribution in [2.24, 2.45) is 0 Å². The molecule has 0 aliphatic carbocycles. The van der Waals surface area contributed by atoms with E-state index in [1.807, 2.05) is 0 Å². The van der Waals surface area contributed by atoms with Crippen molar-refractivity contribution < 1.29 is 14.7 Å². The van der Waals surface area contributed by atoms with E-state index in [4.69, 9.17) is 5.11 Å². The van der Waals surface area contributed by atoms with Crippen LogP contribution in [0.2, 0.25) is 0 Å². The van der Waals surface area contributed by atoms with Crippen LogP contribution in [0.1, 0.15) is 19.8 Å². The van der Waals surface area contributed by atoms with Gasteiger partial charge in [0.15, 0.2) is 0 Å². The number of nitrogens with zero attached hydrogens (tertiary/aromatic N) is 1. The normalized spacial score (nSPS) is 12.2. The minimum absolute atomic E-state index is 0.00123. The number of amides is 1. The molecule has 0 aliphatic rings. The highest BCUT2D eigenvalue weighted by atomic mass is 16.4. The molecule has 0 aromatic rings. The van der Waals surface area contributed by atoms with E-state index in [-0.39, 0.29) is 5.91 Å². The van der Waals surface area contributed by atoms with Crippen LogP contribution in [0.15, 0.2) is 0 Å². The van der Waals surface area contributed by atoms with Gasteiger partial charge < -0.3 is 15.3 Å². The second kappa shape index (κ2) is 6.37. The van der Waals surface area contributed by atoms with Crippen LogP contribution in [-0.4, -0.2) is 48.6 Å². The molecule has 0 aliphatic heterocycles. The molecule has 0 rings (SSSR count). The summed E-state index contributed by atoms with van der Waals surface area (Å²) in [6, 6.07) is -0.518. The topological polar surface area (TPSA) is 69.6 Å². The minimum atomic E-state index is -0.849. The zero-order valence-corrected chi connectivity index (χ0v) is 8.91. The summed E-state index contributed by atoms with van der Waals surface area (Å²) in [5.74, 6) is -0.848. The van der Waals surface area contributed by atoms with Gasteiger partial charge in [0.05, 0.1) is 0 Å². The van der Waals surface area contributed by atoms with Crippen molar-refractivity contribution in [3.8, 4) is 0 Å². The number of aliphatic carboxylic acids is 1. The molecule has 1 atom stereocenters. The molecule has 5 heteroatoms. The zero-order valence-electron chi connectivity index (χ0n) is 8.91. The lowest BCUT2D eigenvalue weighted by atomic mass is 10.1. The second-order valence-electron chi connectivity index (χ2n) is 3.26. The summed E-state index contributed by atoms with van der Waals surface area (Å²) in [7, 11) is 3.32. The van der Waals surface area contributed by atoms with Gasteiger partial charge in [0.1, 0.15) is 6.04 Å². The van der Waals surface area contributed by atoms with E-state index in [9.17, 15) is 9.59 Å². The van der Waals surface area contributed by atoms with E-state index in [2.05, 4.69) is 5.32 Å². The lowest BCUT2D eigenvalue weighted by molar-refractivity contribution is -0.139. The molecular weight excluding hydrogens is 184 g/mol. The molecule has 0 heterocycles. The Labute approximate surface area is 84.1 Å². The van der Waals surface area contributed by atoms with Gasteiger partial charge in [-0.1, -0.05) is 0 Å². The molecule has 0 saturated heterocycles. The Balaban J connectivity index is 3.71. The number of hydrogen-bond donors (Lipinski definition) is 2. The highest BCUT2D eigenvalue weighted by Gasteiger charge is 2.14. The Kier molecular flexibility index (Phi) is 5.87. The monoisotopic (exact) mass is 202 g/mol. The van der Waals surface area contributed by atoms with Gasteiger partial charge in [-0.15, -0.1) is 0 Å². The molecule has 0 radical (unpaired) electrons. The average Bonchev–Trinajstić information content (AvgIpc) is 2.11. The molecule has 1 unspecified atom stereocenters. The van der Waals surface area contributed by atoms with E-state index in [0.717, 1.165) is 0 Å². The highest BCUT2D eigenvalue weighted by molar-refractivity contribution is 5.73. The molecule has 0 aromatic carbocycles. The zero-order chi connectivity index (χ0) is 11.1. The van der Waals surface area contributed by atoms with Gasteiger partial charge in [0.25, 0.3) is 0 Å². The molecule has 5 nitrogen and oxygen atoms in total. The summed E-state index contributed by atoms with van der Waals surface area (Å²) in [4.78, 5) is 23.0. The largest absolute Gasteiger partial charge is 0.480 e. The summed E-state index contributed by atoms with van der Waals surface area (Å²) in [6.45, 7) is 2.09. The van der Waals surface area contributed by atoms with E-state index >= 15 is 0 Å². The number of carboxylic acid groups (broad SMARTS) is 1. The van der Waals surface area contributed by atoms with Gasteiger partial charge in [-0.3, -0.25) is 9.59 Å². The van der Waals surface area contributed by atoms with Crippen molar-refractivity contribution in [2.45, 2.75) is 25.8 Å². The second-order valence-corrected chi connectivity index (χ2v) is 3.26. The number of carbonyl (C=O) groups excluding carboxylic acids is 1. The number of hydrogen-bond acceptors (Lipinski definition) is 3. The maximum absolute atomic E-state index is 10.8. The summed E-state index contributed by atoms with van der Waals surface area (Å²) in [5, 5.41) is 11.4. The first-order valence-corrected chi connectivity index (χ1v) is 4.60. The summed E-state index contributed by atoms with van der Waals surface area (Å²) in [6.07, 6.45) is 1.22. The van der Waals surface area contributed by atoms with Crippen LogP contribution in [0.3, 0.4) is 0 Å². The minimum Gasteiger partial charge on any atom is -0.480 e. The maximum Gasteiger partial charge on any atom is 0.320 e. The van der Waals surface area contributed by atoms with Crippen molar-refractivity contribution >= 4 is 11.9 Å². The average molecular weight is 202 g/mol. The van der Waals surface area contributed by atoms with E-state index in [1.54, 1.807) is 19.0 Å². The maximum atomic E-state index is 10.8. The smallest absolute Gasteiger partial charge is 0.320 e. The van der Waals surface area contributed by atoms with E-state index in [0.29, 0.717) is 19.4 Å². The number of carboxylic acids is 1. The van der Waals surface area contributed by atoms with Gasteiger partial charge in [-0.2, -0.15) is 0 Å². The van der Waals surface area contributed by atoms with Gasteiger partial charge in [0, 0.05) is 20.5 Å². The third kappa shape index (κ3) is 4.81. The van der Waals surface area contributed by atoms with Crippen LogP contribution >= 0.6 is 0 Å². The summed E-state index contributed by atoms with van der Waals surface area (Å²) in [5.41, 5.74) is 0. The van der Waals surface area contributed by atoms with Crippen LogP contribution in [0, 0.1) is 0 Å². The third-order valence-corrected chi connectivity index (χ3v) is 2.17. The SMILES string of the molecule is CNC(CCCN(C)C(C)=O)C(=O)O. The number of rotatable bonds is 6. The van der Waals surface area contributed by atoms with Crippen molar-refractivity contribution in [1.82, 2.24) is 10.2 Å². The fourth-order valence-corrected chi connectivity index (χ4v) is 1.08.